The standard InChI is InChI=1S/C72H128NO8P/c1-6-8-10-12-14-16-18-20-22-24-26-28-30-32-33-34-35-36-37-38-39-41-43-45-47-49-51-53-55-57-59-61-63-65-72(75)81-70(69-80-82(76,77)79-67-66-73(3,4)5)68-78-71(74)64-62-60-58-56-54-52-50-48-46-44-42-40-31-29-27-25-23-21-19-17-15-13-11-9-7-2/h8,10,14,16,19-22,25-28,31-33,40,70H,6-7,9,11-13,15,17-18,23-24,29-30,34-39,41-69H2,1-5H3/b10-8-,16-14-,21-19-,22-20-,27-25-,28-26-,33-32-,40-31-. The van der Waals surface area contributed by atoms with Gasteiger partial charge in [0, 0.05) is 12.8 Å². The minimum atomic E-state index is -4.65. The molecule has 0 saturated carbocycles. The zero-order chi connectivity index (χ0) is 59.8. The Labute approximate surface area is 506 Å². The number of hydrogen-bond donors (Lipinski definition) is 0. The lowest BCUT2D eigenvalue weighted by Crippen LogP contribution is -2.37. The largest absolute Gasteiger partial charge is 0.756 e. The lowest BCUT2D eigenvalue weighted by Gasteiger charge is -2.28. The lowest BCUT2D eigenvalue weighted by molar-refractivity contribution is -0.870. The minimum absolute atomic E-state index is 0.0339. The Balaban J connectivity index is 4.06. The maximum absolute atomic E-state index is 12.9. The first-order valence-electron chi connectivity index (χ1n) is 33.9. The third-order valence-corrected chi connectivity index (χ3v) is 15.6. The summed E-state index contributed by atoms with van der Waals surface area (Å²) in [5.41, 5.74) is 0. The van der Waals surface area contributed by atoms with Gasteiger partial charge in [0.25, 0.3) is 7.82 Å². The molecule has 0 saturated heterocycles. The second-order valence-corrected chi connectivity index (χ2v) is 25.2. The van der Waals surface area contributed by atoms with Gasteiger partial charge in [-0.1, -0.05) is 284 Å². The van der Waals surface area contributed by atoms with Crippen LogP contribution in [0.1, 0.15) is 296 Å². The summed E-state index contributed by atoms with van der Waals surface area (Å²) in [6, 6.07) is 0. The van der Waals surface area contributed by atoms with E-state index in [0.717, 1.165) is 89.9 Å². The van der Waals surface area contributed by atoms with Crippen LogP contribution in [0.4, 0.5) is 0 Å². The van der Waals surface area contributed by atoms with Gasteiger partial charge in [-0.05, 0) is 96.3 Å². The van der Waals surface area contributed by atoms with Crippen molar-refractivity contribution >= 4 is 19.8 Å². The number of nitrogens with zero attached hydrogens (tertiary/aromatic N) is 1. The molecule has 2 atom stereocenters. The van der Waals surface area contributed by atoms with Crippen LogP contribution in [0.5, 0.6) is 0 Å². The van der Waals surface area contributed by atoms with Gasteiger partial charge in [0.05, 0.1) is 27.7 Å². The van der Waals surface area contributed by atoms with Gasteiger partial charge >= 0.3 is 11.9 Å². The van der Waals surface area contributed by atoms with E-state index in [1.54, 1.807) is 0 Å². The second kappa shape index (κ2) is 62.5. The van der Waals surface area contributed by atoms with Gasteiger partial charge in [-0.25, -0.2) is 0 Å². The van der Waals surface area contributed by atoms with Crippen LogP contribution >= 0.6 is 7.82 Å². The highest BCUT2D eigenvalue weighted by molar-refractivity contribution is 7.45. The number of esters is 2. The number of rotatable bonds is 62. The molecular formula is C72H128NO8P. The molecule has 0 aromatic rings. The van der Waals surface area contributed by atoms with Crippen molar-refractivity contribution < 1.29 is 42.1 Å². The lowest BCUT2D eigenvalue weighted by atomic mass is 10.0. The van der Waals surface area contributed by atoms with Gasteiger partial charge < -0.3 is 27.9 Å². The van der Waals surface area contributed by atoms with E-state index in [9.17, 15) is 19.0 Å². The molecule has 0 aromatic heterocycles. The van der Waals surface area contributed by atoms with Crippen LogP contribution in [0.15, 0.2) is 97.2 Å². The average molecular weight is 1170 g/mol. The maximum atomic E-state index is 12.9. The summed E-state index contributed by atoms with van der Waals surface area (Å²) in [6.07, 6.45) is 86.2. The van der Waals surface area contributed by atoms with Crippen molar-refractivity contribution in [2.45, 2.75) is 302 Å². The second-order valence-electron chi connectivity index (χ2n) is 23.8. The number of allylic oxidation sites excluding steroid dienone is 16. The first kappa shape index (κ1) is 78.9. The number of hydrogen-bond acceptors (Lipinski definition) is 8. The summed E-state index contributed by atoms with van der Waals surface area (Å²) in [5.74, 6) is -0.831. The fraction of sp³-hybridized carbons (Fsp3) is 0.750. The molecule has 0 heterocycles. The van der Waals surface area contributed by atoms with E-state index in [1.165, 1.54) is 173 Å². The van der Waals surface area contributed by atoms with Crippen LogP contribution in [0.2, 0.25) is 0 Å². The van der Waals surface area contributed by atoms with E-state index in [1.807, 2.05) is 21.1 Å². The van der Waals surface area contributed by atoms with Crippen molar-refractivity contribution in [1.29, 1.82) is 0 Å². The third kappa shape index (κ3) is 66.1. The molecule has 0 spiro atoms. The highest BCUT2D eigenvalue weighted by atomic mass is 31.2. The smallest absolute Gasteiger partial charge is 0.306 e. The number of carbonyl (C=O) groups is 2. The molecule has 0 aliphatic heterocycles. The van der Waals surface area contributed by atoms with E-state index in [4.69, 9.17) is 18.5 Å². The minimum Gasteiger partial charge on any atom is -0.756 e. The number of phosphoric ester groups is 1. The summed E-state index contributed by atoms with van der Waals surface area (Å²) in [5, 5.41) is 0. The van der Waals surface area contributed by atoms with E-state index in [-0.39, 0.29) is 32.0 Å². The first-order chi connectivity index (χ1) is 40.0. The topological polar surface area (TPSA) is 111 Å². The van der Waals surface area contributed by atoms with Crippen molar-refractivity contribution in [2.24, 2.45) is 0 Å². The highest BCUT2D eigenvalue weighted by Crippen LogP contribution is 2.38. The zero-order valence-electron chi connectivity index (χ0n) is 53.9. The Morgan fingerprint density at radius 1 is 0.390 bits per heavy atom. The van der Waals surface area contributed by atoms with Crippen LogP contribution < -0.4 is 4.89 Å². The van der Waals surface area contributed by atoms with Crippen molar-refractivity contribution in [3.8, 4) is 0 Å². The van der Waals surface area contributed by atoms with Crippen molar-refractivity contribution in [3.05, 3.63) is 97.2 Å². The molecule has 82 heavy (non-hydrogen) atoms. The highest BCUT2D eigenvalue weighted by Gasteiger charge is 2.22. The summed E-state index contributed by atoms with van der Waals surface area (Å²) in [4.78, 5) is 38.0. The van der Waals surface area contributed by atoms with Crippen LogP contribution in [0, 0.1) is 0 Å². The molecule has 0 radical (unpaired) electrons. The van der Waals surface area contributed by atoms with Gasteiger partial charge in [-0.3, -0.25) is 14.2 Å². The van der Waals surface area contributed by atoms with E-state index in [0.29, 0.717) is 17.4 Å². The summed E-state index contributed by atoms with van der Waals surface area (Å²) in [7, 11) is 1.16. The average Bonchev–Trinajstić information content (AvgIpc) is 3.46. The van der Waals surface area contributed by atoms with E-state index in [2.05, 4.69) is 111 Å². The number of carbonyl (C=O) groups excluding carboxylic acids is 2. The molecule has 0 bridgehead atoms. The molecular weight excluding hydrogens is 1040 g/mol. The first-order valence-corrected chi connectivity index (χ1v) is 35.4. The van der Waals surface area contributed by atoms with E-state index >= 15 is 0 Å². The zero-order valence-corrected chi connectivity index (χ0v) is 54.8. The van der Waals surface area contributed by atoms with Crippen LogP contribution in [-0.2, 0) is 32.7 Å². The number of unbranched alkanes of at least 4 members (excludes halogenated alkanes) is 32. The summed E-state index contributed by atoms with van der Waals surface area (Å²) < 4.78 is 34.3. The summed E-state index contributed by atoms with van der Waals surface area (Å²) in [6.45, 7) is 4.14. The molecule has 9 nitrogen and oxygen atoms in total. The predicted molar refractivity (Wildman–Crippen MR) is 351 cm³/mol. The Morgan fingerprint density at radius 3 is 1.04 bits per heavy atom. The number of ether oxygens (including phenoxy) is 2. The van der Waals surface area contributed by atoms with Crippen LogP contribution in [0.25, 0.3) is 0 Å². The van der Waals surface area contributed by atoms with Crippen LogP contribution in [0.3, 0.4) is 0 Å². The van der Waals surface area contributed by atoms with Crippen molar-refractivity contribution in [3.63, 3.8) is 0 Å². The molecule has 0 aliphatic carbocycles. The van der Waals surface area contributed by atoms with Gasteiger partial charge in [0.15, 0.2) is 6.10 Å². The Kier molecular flexibility index (Phi) is 60.1. The fourth-order valence-corrected chi connectivity index (χ4v) is 10.1. The molecule has 0 aliphatic rings. The molecule has 0 fully saturated rings. The van der Waals surface area contributed by atoms with Crippen molar-refractivity contribution in [1.82, 2.24) is 0 Å². The van der Waals surface area contributed by atoms with Crippen molar-refractivity contribution in [2.75, 3.05) is 47.5 Å². The van der Waals surface area contributed by atoms with Gasteiger partial charge in [0.1, 0.15) is 19.8 Å². The quantitative estimate of drug-likeness (QED) is 0.0195. The maximum Gasteiger partial charge on any atom is 0.306 e. The molecule has 2 unspecified atom stereocenters. The SMILES string of the molecule is CC/C=C\C/C=C\C/C=C\C/C=C\C/C=C\CCCCCCCCCCCCCCCCCCCC(=O)OC(COC(=O)CCCCCCCCCCCC/C=C\C/C=C\C/C=C\CCCCCCC)COP(=O)([O-])OCC[N+](C)(C)C. The van der Waals surface area contributed by atoms with Crippen LogP contribution in [-0.4, -0.2) is 70.0 Å². The van der Waals surface area contributed by atoms with Gasteiger partial charge in [-0.15, -0.1) is 0 Å². The Bertz CT molecular complexity index is 1710. The molecule has 0 N–H and O–H groups in total. The normalized spacial score (nSPS) is 13.8. The molecule has 474 valence electrons. The number of phosphoric acid groups is 1. The number of quaternary nitrogens is 1. The predicted octanol–water partition coefficient (Wildman–Crippen LogP) is 21.3. The number of likely N-dealkylation sites (N-methyl/N-ethyl adjacent to an activating group) is 1. The molecule has 10 heteroatoms. The van der Waals surface area contributed by atoms with Gasteiger partial charge in [-0.2, -0.15) is 0 Å². The summed E-state index contributed by atoms with van der Waals surface area (Å²) >= 11 is 0. The monoisotopic (exact) mass is 1170 g/mol. The Morgan fingerprint density at radius 2 is 0.695 bits per heavy atom. The van der Waals surface area contributed by atoms with Gasteiger partial charge in [0.2, 0.25) is 0 Å². The molecule has 0 rings (SSSR count). The van der Waals surface area contributed by atoms with E-state index < -0.39 is 26.5 Å². The Hall–Kier alpha value is -3.07. The molecule has 0 amide bonds. The third-order valence-electron chi connectivity index (χ3n) is 14.6. The fourth-order valence-electron chi connectivity index (χ4n) is 9.40. The molecule has 0 aromatic carbocycles.